The van der Waals surface area contributed by atoms with Crippen LogP contribution in [-0.2, 0) is 0 Å². The second-order valence-corrected chi connectivity index (χ2v) is 3.87. The first kappa shape index (κ1) is 11.7. The van der Waals surface area contributed by atoms with Gasteiger partial charge in [-0.15, -0.1) is 10.2 Å². The lowest BCUT2D eigenvalue weighted by Gasteiger charge is -2.10. The summed E-state index contributed by atoms with van der Waals surface area (Å²) in [5.74, 6) is 0.627. The summed E-state index contributed by atoms with van der Waals surface area (Å²) in [6.45, 7) is 2.19. The largest absolute Gasteiger partial charge is 0.396 e. The highest BCUT2D eigenvalue weighted by Gasteiger charge is 2.12. The van der Waals surface area contributed by atoms with Crippen molar-refractivity contribution in [2.75, 3.05) is 6.61 Å². The molecule has 2 rings (SSSR count). The summed E-state index contributed by atoms with van der Waals surface area (Å²) in [4.78, 5) is 1.60. The van der Waals surface area contributed by atoms with E-state index in [2.05, 4.69) is 15.4 Å². The molecule has 5 heteroatoms. The standard InChI is InChI=1S/C12H16N4O/c1-2-11(8-9-17)16-14-12(13-15-16)10-6-4-3-5-7-10/h3-7,11,17H,2,8-9H2,1H3/t11-/m0/s1. The van der Waals surface area contributed by atoms with Gasteiger partial charge in [0.15, 0.2) is 0 Å². The van der Waals surface area contributed by atoms with E-state index in [1.165, 1.54) is 0 Å². The van der Waals surface area contributed by atoms with Gasteiger partial charge in [-0.1, -0.05) is 37.3 Å². The zero-order valence-corrected chi connectivity index (χ0v) is 9.82. The number of aliphatic hydroxyl groups is 1. The molecule has 2 aromatic rings. The van der Waals surface area contributed by atoms with Gasteiger partial charge in [0, 0.05) is 12.2 Å². The molecule has 0 unspecified atom stereocenters. The number of rotatable bonds is 5. The summed E-state index contributed by atoms with van der Waals surface area (Å²) in [5, 5.41) is 21.4. The van der Waals surface area contributed by atoms with Crippen molar-refractivity contribution in [2.24, 2.45) is 0 Å². The first-order valence-corrected chi connectivity index (χ1v) is 5.81. The minimum Gasteiger partial charge on any atom is -0.396 e. The lowest BCUT2D eigenvalue weighted by molar-refractivity contribution is 0.238. The van der Waals surface area contributed by atoms with Gasteiger partial charge in [0.1, 0.15) is 0 Å². The molecule has 17 heavy (non-hydrogen) atoms. The molecule has 1 aromatic heterocycles. The van der Waals surface area contributed by atoms with Crippen LogP contribution in [-0.4, -0.2) is 31.9 Å². The van der Waals surface area contributed by atoms with Gasteiger partial charge in [0.05, 0.1) is 6.04 Å². The SMILES string of the molecule is CC[C@@H](CCO)n1nnc(-c2ccccc2)n1. The Morgan fingerprint density at radius 1 is 1.29 bits per heavy atom. The molecule has 0 aliphatic heterocycles. The number of hydrogen-bond acceptors (Lipinski definition) is 4. The van der Waals surface area contributed by atoms with Crippen LogP contribution in [0.15, 0.2) is 30.3 Å². The van der Waals surface area contributed by atoms with Crippen LogP contribution in [0.4, 0.5) is 0 Å². The third-order valence-corrected chi connectivity index (χ3v) is 2.72. The fourth-order valence-electron chi connectivity index (χ4n) is 1.71. The number of hydrogen-bond donors (Lipinski definition) is 1. The van der Waals surface area contributed by atoms with Gasteiger partial charge in [-0.05, 0) is 18.1 Å². The number of tetrazole rings is 1. The molecule has 0 saturated carbocycles. The number of aromatic nitrogens is 4. The van der Waals surface area contributed by atoms with Gasteiger partial charge in [0.2, 0.25) is 5.82 Å². The van der Waals surface area contributed by atoms with E-state index in [4.69, 9.17) is 5.11 Å². The molecule has 0 fully saturated rings. The molecule has 0 aliphatic rings. The van der Waals surface area contributed by atoms with Crippen molar-refractivity contribution < 1.29 is 5.11 Å². The average Bonchev–Trinajstić information content (AvgIpc) is 2.86. The Morgan fingerprint density at radius 2 is 2.06 bits per heavy atom. The summed E-state index contributed by atoms with van der Waals surface area (Å²) >= 11 is 0. The predicted molar refractivity (Wildman–Crippen MR) is 64.3 cm³/mol. The summed E-state index contributed by atoms with van der Waals surface area (Å²) in [5.41, 5.74) is 0.956. The quantitative estimate of drug-likeness (QED) is 0.851. The highest BCUT2D eigenvalue weighted by atomic mass is 16.3. The topological polar surface area (TPSA) is 63.8 Å². The zero-order valence-electron chi connectivity index (χ0n) is 9.82. The summed E-state index contributed by atoms with van der Waals surface area (Å²) < 4.78 is 0. The molecule has 0 radical (unpaired) electrons. The van der Waals surface area contributed by atoms with Crippen LogP contribution in [0.5, 0.6) is 0 Å². The van der Waals surface area contributed by atoms with Crippen LogP contribution in [0.3, 0.4) is 0 Å². The van der Waals surface area contributed by atoms with Gasteiger partial charge in [-0.25, -0.2) is 0 Å². The normalized spacial score (nSPS) is 12.6. The van der Waals surface area contributed by atoms with Crippen LogP contribution >= 0.6 is 0 Å². The molecule has 90 valence electrons. The van der Waals surface area contributed by atoms with Crippen LogP contribution in [0.1, 0.15) is 25.8 Å². The smallest absolute Gasteiger partial charge is 0.204 e. The minimum absolute atomic E-state index is 0.116. The van der Waals surface area contributed by atoms with E-state index >= 15 is 0 Å². The van der Waals surface area contributed by atoms with Gasteiger partial charge in [-0.2, -0.15) is 4.80 Å². The van der Waals surface area contributed by atoms with Crippen LogP contribution in [0, 0.1) is 0 Å². The van der Waals surface area contributed by atoms with Crippen molar-refractivity contribution in [3.8, 4) is 11.4 Å². The molecular formula is C12H16N4O. The summed E-state index contributed by atoms with van der Waals surface area (Å²) in [7, 11) is 0. The highest BCUT2D eigenvalue weighted by Crippen LogP contribution is 2.16. The summed E-state index contributed by atoms with van der Waals surface area (Å²) in [6.07, 6.45) is 1.53. The molecule has 1 aromatic carbocycles. The minimum atomic E-state index is 0.116. The average molecular weight is 232 g/mol. The molecule has 1 heterocycles. The van der Waals surface area contributed by atoms with Crippen molar-refractivity contribution in [3.05, 3.63) is 30.3 Å². The van der Waals surface area contributed by atoms with Gasteiger partial charge in [-0.3, -0.25) is 0 Å². The molecule has 0 amide bonds. The molecule has 1 N–H and O–H groups in total. The number of benzene rings is 1. The number of nitrogens with zero attached hydrogens (tertiary/aromatic N) is 4. The molecule has 0 bridgehead atoms. The molecule has 1 atom stereocenters. The van der Waals surface area contributed by atoms with Gasteiger partial charge < -0.3 is 5.11 Å². The second kappa shape index (κ2) is 5.54. The van der Waals surface area contributed by atoms with E-state index in [1.807, 2.05) is 37.3 Å². The van der Waals surface area contributed by atoms with Crippen LogP contribution < -0.4 is 0 Å². The maximum atomic E-state index is 8.96. The van der Waals surface area contributed by atoms with E-state index < -0.39 is 0 Å². The fourth-order valence-corrected chi connectivity index (χ4v) is 1.71. The molecular weight excluding hydrogens is 216 g/mol. The van der Waals surface area contributed by atoms with Crippen molar-refractivity contribution in [3.63, 3.8) is 0 Å². The molecule has 0 spiro atoms. The first-order chi connectivity index (χ1) is 8.35. The van der Waals surface area contributed by atoms with E-state index in [9.17, 15) is 0 Å². The number of aliphatic hydroxyl groups excluding tert-OH is 1. The fraction of sp³-hybridized carbons (Fsp3) is 0.417. The zero-order chi connectivity index (χ0) is 12.1. The van der Waals surface area contributed by atoms with E-state index in [-0.39, 0.29) is 12.6 Å². The summed E-state index contributed by atoms with van der Waals surface area (Å²) in [6, 6.07) is 9.87. The van der Waals surface area contributed by atoms with Crippen molar-refractivity contribution in [1.82, 2.24) is 20.2 Å². The molecule has 5 nitrogen and oxygen atoms in total. The van der Waals surface area contributed by atoms with E-state index in [1.54, 1.807) is 4.80 Å². The lowest BCUT2D eigenvalue weighted by atomic mass is 10.2. The Labute approximate surface area is 100 Å². The van der Waals surface area contributed by atoms with E-state index in [0.29, 0.717) is 12.2 Å². The molecule has 0 saturated heterocycles. The Morgan fingerprint density at radius 3 is 2.71 bits per heavy atom. The third kappa shape index (κ3) is 2.68. The second-order valence-electron chi connectivity index (χ2n) is 3.87. The van der Waals surface area contributed by atoms with Crippen molar-refractivity contribution in [2.45, 2.75) is 25.8 Å². The van der Waals surface area contributed by atoms with E-state index in [0.717, 1.165) is 12.0 Å². The maximum Gasteiger partial charge on any atom is 0.204 e. The Hall–Kier alpha value is -1.75. The Bertz CT molecular complexity index is 455. The highest BCUT2D eigenvalue weighted by molar-refractivity contribution is 5.52. The van der Waals surface area contributed by atoms with Gasteiger partial charge >= 0.3 is 0 Å². The van der Waals surface area contributed by atoms with Gasteiger partial charge in [0.25, 0.3) is 0 Å². The maximum absolute atomic E-state index is 8.96. The predicted octanol–water partition coefficient (Wildman–Crippen LogP) is 1.67. The van der Waals surface area contributed by atoms with Crippen molar-refractivity contribution in [1.29, 1.82) is 0 Å². The Balaban J connectivity index is 2.21. The third-order valence-electron chi connectivity index (χ3n) is 2.72. The van der Waals surface area contributed by atoms with Crippen LogP contribution in [0.2, 0.25) is 0 Å². The van der Waals surface area contributed by atoms with Crippen molar-refractivity contribution >= 4 is 0 Å². The molecule has 0 aliphatic carbocycles. The first-order valence-electron chi connectivity index (χ1n) is 5.81. The monoisotopic (exact) mass is 232 g/mol. The lowest BCUT2D eigenvalue weighted by Crippen LogP contribution is -2.13. The Kier molecular flexibility index (Phi) is 3.82. The van der Waals surface area contributed by atoms with Crippen LogP contribution in [0.25, 0.3) is 11.4 Å².